The number of ether oxygens (including phenoxy) is 3. The molecule has 0 bridgehead atoms. The Bertz CT molecular complexity index is 1350. The Morgan fingerprint density at radius 1 is 0.339 bits per heavy atom. The predicted molar refractivity (Wildman–Crippen MR) is 265 cm³/mol. The maximum atomic E-state index is 12.7. The summed E-state index contributed by atoms with van der Waals surface area (Å²) < 4.78 is 16.6. The van der Waals surface area contributed by atoms with Crippen molar-refractivity contribution in [2.45, 2.75) is 200 Å². The first-order valence-corrected chi connectivity index (χ1v) is 24.5. The predicted octanol–water partition coefficient (Wildman–Crippen LogP) is 16.1. The van der Waals surface area contributed by atoms with Crippen LogP contribution in [0.4, 0.5) is 0 Å². The zero-order valence-corrected chi connectivity index (χ0v) is 39.6. The molecule has 0 aliphatic carbocycles. The van der Waals surface area contributed by atoms with Crippen molar-refractivity contribution in [3.8, 4) is 0 Å². The Hall–Kier alpha value is -4.19. The molecule has 1 unspecified atom stereocenters. The average molecular weight is 857 g/mol. The van der Waals surface area contributed by atoms with Gasteiger partial charge in [-0.25, -0.2) is 0 Å². The first-order valence-electron chi connectivity index (χ1n) is 24.5. The van der Waals surface area contributed by atoms with Crippen LogP contribution in [0.3, 0.4) is 0 Å². The maximum absolute atomic E-state index is 12.7. The van der Waals surface area contributed by atoms with Crippen molar-refractivity contribution >= 4 is 17.9 Å². The Balaban J connectivity index is 4.52. The molecule has 0 N–H and O–H groups in total. The van der Waals surface area contributed by atoms with Crippen LogP contribution in [0.2, 0.25) is 0 Å². The van der Waals surface area contributed by atoms with Crippen molar-refractivity contribution in [2.75, 3.05) is 13.2 Å². The van der Waals surface area contributed by atoms with E-state index in [9.17, 15) is 14.4 Å². The van der Waals surface area contributed by atoms with E-state index in [2.05, 4.69) is 130 Å². The SMILES string of the molecule is CC/C=C\C/C=C\C/C=C\C/C=C\C/C=C\C/C=C\CCCCC(=O)OCC(COC(=O)CCCCCCCCCCCC)OC(=O)CC/C=C\C/C=C\C/C=C\C/C=C\CC. The molecule has 0 aromatic carbocycles. The van der Waals surface area contributed by atoms with Crippen LogP contribution in [-0.4, -0.2) is 37.2 Å². The van der Waals surface area contributed by atoms with E-state index in [-0.39, 0.29) is 38.0 Å². The van der Waals surface area contributed by atoms with Crippen LogP contribution in [0.15, 0.2) is 122 Å². The maximum Gasteiger partial charge on any atom is 0.306 e. The number of allylic oxidation sites excluding steroid dienone is 20. The van der Waals surface area contributed by atoms with Gasteiger partial charge in [0.1, 0.15) is 13.2 Å². The van der Waals surface area contributed by atoms with Gasteiger partial charge in [-0.05, 0) is 96.3 Å². The molecular formula is C56H88O6. The average Bonchev–Trinajstić information content (AvgIpc) is 3.27. The van der Waals surface area contributed by atoms with E-state index in [1.165, 1.54) is 44.9 Å². The van der Waals surface area contributed by atoms with Crippen LogP contribution in [-0.2, 0) is 28.6 Å². The second-order valence-corrected chi connectivity index (χ2v) is 15.6. The first-order chi connectivity index (χ1) is 30.5. The highest BCUT2D eigenvalue weighted by Crippen LogP contribution is 2.12. The standard InChI is InChI=1S/C56H88O6/c1-4-7-10-13-16-19-22-24-25-26-27-28-29-30-31-33-34-37-40-43-46-49-55(58)61-52-53(51-60-54(57)48-45-42-39-36-21-18-15-12-9-6-3)62-56(59)50-47-44-41-38-35-32-23-20-17-14-11-8-5-2/h7-8,10-11,16-17,19-20,24-25,27-28,30-32,34-35,37,41,44,53H,4-6,9,12-15,18,21-23,26,29,33,36,38-40,42-43,45-52H2,1-3H3/b10-7-,11-8-,19-16-,20-17-,25-24-,28-27-,31-30-,35-32-,37-34-,44-41-. The van der Waals surface area contributed by atoms with E-state index in [4.69, 9.17) is 14.2 Å². The lowest BCUT2D eigenvalue weighted by molar-refractivity contribution is -0.166. The summed E-state index contributed by atoms with van der Waals surface area (Å²) >= 11 is 0. The van der Waals surface area contributed by atoms with Crippen LogP contribution >= 0.6 is 0 Å². The van der Waals surface area contributed by atoms with Crippen LogP contribution in [0.1, 0.15) is 194 Å². The highest BCUT2D eigenvalue weighted by Gasteiger charge is 2.19. The molecule has 1 atom stereocenters. The fourth-order valence-electron chi connectivity index (χ4n) is 6.10. The lowest BCUT2D eigenvalue weighted by Crippen LogP contribution is -2.30. The molecule has 0 heterocycles. The van der Waals surface area contributed by atoms with Gasteiger partial charge in [0.15, 0.2) is 6.10 Å². The molecule has 0 aromatic heterocycles. The Labute approximate surface area is 380 Å². The van der Waals surface area contributed by atoms with Crippen molar-refractivity contribution in [1.82, 2.24) is 0 Å². The van der Waals surface area contributed by atoms with Crippen LogP contribution in [0.5, 0.6) is 0 Å². The summed E-state index contributed by atoms with van der Waals surface area (Å²) in [6.45, 7) is 6.27. The molecule has 6 heteroatoms. The third-order valence-corrected chi connectivity index (χ3v) is 9.73. The monoisotopic (exact) mass is 857 g/mol. The number of esters is 3. The summed E-state index contributed by atoms with van der Waals surface area (Å²) in [5.74, 6) is -1.06. The van der Waals surface area contributed by atoms with Crippen LogP contribution in [0, 0.1) is 0 Å². The molecule has 0 aromatic rings. The second kappa shape index (κ2) is 49.5. The van der Waals surface area contributed by atoms with E-state index in [1.807, 2.05) is 12.2 Å². The summed E-state index contributed by atoms with van der Waals surface area (Å²) in [5, 5.41) is 0. The summed E-state index contributed by atoms with van der Waals surface area (Å²) in [4.78, 5) is 37.8. The second-order valence-electron chi connectivity index (χ2n) is 15.6. The van der Waals surface area contributed by atoms with Crippen molar-refractivity contribution in [3.05, 3.63) is 122 Å². The number of unbranched alkanes of at least 4 members (excludes halogenated alkanes) is 11. The molecule has 62 heavy (non-hydrogen) atoms. The number of rotatable bonds is 42. The lowest BCUT2D eigenvalue weighted by Gasteiger charge is -2.18. The van der Waals surface area contributed by atoms with Gasteiger partial charge in [-0.2, -0.15) is 0 Å². The normalized spacial score (nSPS) is 13.1. The molecule has 0 saturated heterocycles. The van der Waals surface area contributed by atoms with Crippen molar-refractivity contribution in [2.24, 2.45) is 0 Å². The largest absolute Gasteiger partial charge is 0.462 e. The summed E-state index contributed by atoms with van der Waals surface area (Å²) in [5.41, 5.74) is 0. The minimum atomic E-state index is -0.834. The summed E-state index contributed by atoms with van der Waals surface area (Å²) in [6.07, 6.45) is 67.7. The van der Waals surface area contributed by atoms with Gasteiger partial charge in [-0.3, -0.25) is 14.4 Å². The summed E-state index contributed by atoms with van der Waals surface area (Å²) in [6, 6.07) is 0. The number of hydrogen-bond acceptors (Lipinski definition) is 6. The zero-order chi connectivity index (χ0) is 45.1. The van der Waals surface area contributed by atoms with E-state index in [1.54, 1.807) is 0 Å². The molecular weight excluding hydrogens is 769 g/mol. The van der Waals surface area contributed by atoms with E-state index >= 15 is 0 Å². The molecule has 0 fully saturated rings. The van der Waals surface area contributed by atoms with Gasteiger partial charge in [-0.1, -0.05) is 200 Å². The molecule has 0 spiro atoms. The van der Waals surface area contributed by atoms with Gasteiger partial charge in [-0.15, -0.1) is 0 Å². The molecule has 0 aliphatic rings. The number of hydrogen-bond donors (Lipinski definition) is 0. The zero-order valence-electron chi connectivity index (χ0n) is 39.6. The molecule has 348 valence electrons. The molecule has 0 rings (SSSR count). The first kappa shape index (κ1) is 57.8. The fourth-order valence-corrected chi connectivity index (χ4v) is 6.10. The molecule has 0 aliphatic heterocycles. The van der Waals surface area contributed by atoms with Crippen molar-refractivity contribution in [1.29, 1.82) is 0 Å². The van der Waals surface area contributed by atoms with E-state index in [0.29, 0.717) is 19.3 Å². The van der Waals surface area contributed by atoms with Gasteiger partial charge in [0.05, 0.1) is 0 Å². The Morgan fingerprint density at radius 2 is 0.661 bits per heavy atom. The van der Waals surface area contributed by atoms with Gasteiger partial charge in [0.2, 0.25) is 0 Å². The topological polar surface area (TPSA) is 78.9 Å². The van der Waals surface area contributed by atoms with E-state index in [0.717, 1.165) is 96.3 Å². The minimum Gasteiger partial charge on any atom is -0.462 e. The number of carbonyl (C=O) groups is 3. The molecule has 0 radical (unpaired) electrons. The lowest BCUT2D eigenvalue weighted by atomic mass is 10.1. The highest BCUT2D eigenvalue weighted by molar-refractivity contribution is 5.71. The van der Waals surface area contributed by atoms with Crippen LogP contribution in [0.25, 0.3) is 0 Å². The summed E-state index contributed by atoms with van der Waals surface area (Å²) in [7, 11) is 0. The third-order valence-electron chi connectivity index (χ3n) is 9.73. The molecule has 6 nitrogen and oxygen atoms in total. The van der Waals surface area contributed by atoms with Gasteiger partial charge in [0.25, 0.3) is 0 Å². The molecule has 0 amide bonds. The van der Waals surface area contributed by atoms with Crippen molar-refractivity contribution in [3.63, 3.8) is 0 Å². The van der Waals surface area contributed by atoms with Crippen LogP contribution < -0.4 is 0 Å². The quantitative estimate of drug-likeness (QED) is 0.0263. The third kappa shape index (κ3) is 46.9. The fraction of sp³-hybridized carbons (Fsp3) is 0.589. The van der Waals surface area contributed by atoms with Gasteiger partial charge in [0, 0.05) is 19.3 Å². The minimum absolute atomic E-state index is 0.123. The van der Waals surface area contributed by atoms with E-state index < -0.39 is 12.1 Å². The number of carbonyl (C=O) groups excluding carboxylic acids is 3. The highest BCUT2D eigenvalue weighted by atomic mass is 16.6. The smallest absolute Gasteiger partial charge is 0.306 e. The van der Waals surface area contributed by atoms with Gasteiger partial charge < -0.3 is 14.2 Å². The Morgan fingerprint density at radius 3 is 1.05 bits per heavy atom. The Kier molecular flexibility index (Phi) is 46.1. The van der Waals surface area contributed by atoms with Crippen molar-refractivity contribution < 1.29 is 28.6 Å². The molecule has 0 saturated carbocycles. The van der Waals surface area contributed by atoms with Gasteiger partial charge >= 0.3 is 17.9 Å².